The lowest BCUT2D eigenvalue weighted by Gasteiger charge is -2.12. The molecule has 0 aliphatic carbocycles. The Kier molecular flexibility index (Phi) is 3.98. The summed E-state index contributed by atoms with van der Waals surface area (Å²) in [5.74, 6) is -0.930. The van der Waals surface area contributed by atoms with Gasteiger partial charge in [0.25, 0.3) is 0 Å². The Morgan fingerprint density at radius 2 is 2.00 bits per heavy atom. The predicted octanol–water partition coefficient (Wildman–Crippen LogP) is 1.70. The van der Waals surface area contributed by atoms with Crippen molar-refractivity contribution < 1.29 is 8.78 Å². The maximum absolute atomic E-state index is 13.2. The maximum atomic E-state index is 13.2. The van der Waals surface area contributed by atoms with Crippen LogP contribution < -0.4 is 11.5 Å². The van der Waals surface area contributed by atoms with Gasteiger partial charge in [0.15, 0.2) is 0 Å². The summed E-state index contributed by atoms with van der Waals surface area (Å²) in [5.41, 5.74) is 11.2. The zero-order valence-electron chi connectivity index (χ0n) is 7.84. The van der Waals surface area contributed by atoms with Gasteiger partial charge in [-0.3, -0.25) is 0 Å². The Labute approximate surface area is 81.9 Å². The normalized spacial score (nSPS) is 12.9. The number of benzene rings is 1. The van der Waals surface area contributed by atoms with Crippen LogP contribution in [0, 0.1) is 11.6 Å². The highest BCUT2D eigenvalue weighted by molar-refractivity contribution is 5.21. The van der Waals surface area contributed by atoms with E-state index in [0.717, 1.165) is 18.2 Å². The van der Waals surface area contributed by atoms with Crippen LogP contribution in [0.3, 0.4) is 0 Å². The van der Waals surface area contributed by atoms with E-state index in [1.54, 1.807) is 0 Å². The fourth-order valence-electron chi connectivity index (χ4n) is 1.29. The summed E-state index contributed by atoms with van der Waals surface area (Å²) in [5, 5.41) is 0. The first kappa shape index (κ1) is 11.1. The summed E-state index contributed by atoms with van der Waals surface area (Å²) in [6, 6.07) is 2.83. The molecule has 0 radical (unpaired) electrons. The molecular formula is C10H14F2N2. The van der Waals surface area contributed by atoms with Crippen molar-refractivity contribution in [3.8, 4) is 0 Å². The van der Waals surface area contributed by atoms with E-state index in [2.05, 4.69) is 0 Å². The van der Waals surface area contributed by atoms with E-state index in [9.17, 15) is 8.78 Å². The highest BCUT2D eigenvalue weighted by Gasteiger charge is 2.11. The minimum atomic E-state index is -0.478. The van der Waals surface area contributed by atoms with Gasteiger partial charge < -0.3 is 11.5 Å². The van der Waals surface area contributed by atoms with Crippen LogP contribution in [-0.2, 0) is 0 Å². The van der Waals surface area contributed by atoms with E-state index in [1.165, 1.54) is 0 Å². The van der Waals surface area contributed by atoms with E-state index in [-0.39, 0.29) is 5.56 Å². The van der Waals surface area contributed by atoms with Crippen molar-refractivity contribution in [1.82, 2.24) is 0 Å². The van der Waals surface area contributed by atoms with Crippen LogP contribution in [-0.4, -0.2) is 6.54 Å². The molecule has 0 fully saturated rings. The summed E-state index contributed by atoms with van der Waals surface area (Å²) in [7, 11) is 0. The van der Waals surface area contributed by atoms with E-state index < -0.39 is 17.7 Å². The van der Waals surface area contributed by atoms with Gasteiger partial charge in [-0.15, -0.1) is 0 Å². The second-order valence-electron chi connectivity index (χ2n) is 3.20. The molecule has 0 bridgehead atoms. The Bertz CT molecular complexity index is 302. The van der Waals surface area contributed by atoms with Gasteiger partial charge >= 0.3 is 0 Å². The van der Waals surface area contributed by atoms with Gasteiger partial charge in [-0.2, -0.15) is 0 Å². The number of hydrogen-bond donors (Lipinski definition) is 2. The van der Waals surface area contributed by atoms with Crippen molar-refractivity contribution in [3.63, 3.8) is 0 Å². The molecule has 1 atom stereocenters. The Morgan fingerprint density at radius 1 is 1.29 bits per heavy atom. The number of hydrogen-bond acceptors (Lipinski definition) is 2. The van der Waals surface area contributed by atoms with Crippen LogP contribution in [0.2, 0.25) is 0 Å². The third-order valence-electron chi connectivity index (χ3n) is 2.08. The quantitative estimate of drug-likeness (QED) is 0.777. The van der Waals surface area contributed by atoms with Gasteiger partial charge in [-0.1, -0.05) is 0 Å². The molecule has 0 unspecified atom stereocenters. The monoisotopic (exact) mass is 200 g/mol. The van der Waals surface area contributed by atoms with Crippen LogP contribution in [0.5, 0.6) is 0 Å². The van der Waals surface area contributed by atoms with Crippen LogP contribution in [0.25, 0.3) is 0 Å². The first-order valence-electron chi connectivity index (χ1n) is 4.55. The topological polar surface area (TPSA) is 52.0 Å². The highest BCUT2D eigenvalue weighted by atomic mass is 19.1. The zero-order chi connectivity index (χ0) is 10.6. The highest BCUT2D eigenvalue weighted by Crippen LogP contribution is 2.19. The summed E-state index contributed by atoms with van der Waals surface area (Å²) < 4.78 is 26.0. The fraction of sp³-hybridized carbons (Fsp3) is 0.400. The van der Waals surface area contributed by atoms with E-state index >= 15 is 0 Å². The molecule has 1 aromatic carbocycles. The Morgan fingerprint density at radius 3 is 2.64 bits per heavy atom. The summed E-state index contributed by atoms with van der Waals surface area (Å²) in [6.07, 6.45) is 1.27. The molecule has 0 aliphatic heterocycles. The van der Waals surface area contributed by atoms with E-state index in [4.69, 9.17) is 11.5 Å². The van der Waals surface area contributed by atoms with Crippen molar-refractivity contribution >= 4 is 0 Å². The van der Waals surface area contributed by atoms with E-state index in [1.807, 2.05) is 0 Å². The molecule has 78 valence electrons. The molecule has 0 aromatic heterocycles. The lowest BCUT2D eigenvalue weighted by molar-refractivity contribution is 0.540. The van der Waals surface area contributed by atoms with Gasteiger partial charge in [0, 0.05) is 11.6 Å². The second kappa shape index (κ2) is 5.02. The van der Waals surface area contributed by atoms with Gasteiger partial charge in [0.2, 0.25) is 0 Å². The van der Waals surface area contributed by atoms with Crippen molar-refractivity contribution in [3.05, 3.63) is 35.4 Å². The lowest BCUT2D eigenvalue weighted by Crippen LogP contribution is -2.14. The molecule has 0 saturated heterocycles. The summed E-state index contributed by atoms with van der Waals surface area (Å²) >= 11 is 0. The second-order valence-corrected chi connectivity index (χ2v) is 3.20. The third-order valence-corrected chi connectivity index (χ3v) is 2.08. The van der Waals surface area contributed by atoms with Crippen LogP contribution >= 0.6 is 0 Å². The van der Waals surface area contributed by atoms with Gasteiger partial charge in [0.1, 0.15) is 11.6 Å². The molecule has 0 heterocycles. The van der Waals surface area contributed by atoms with Crippen molar-refractivity contribution in [1.29, 1.82) is 0 Å². The fourth-order valence-corrected chi connectivity index (χ4v) is 1.29. The molecule has 0 saturated carbocycles. The van der Waals surface area contributed by atoms with Crippen molar-refractivity contribution in [2.24, 2.45) is 11.5 Å². The summed E-state index contributed by atoms with van der Waals surface area (Å²) in [4.78, 5) is 0. The predicted molar refractivity (Wildman–Crippen MR) is 51.6 cm³/mol. The Hall–Kier alpha value is -1.00. The van der Waals surface area contributed by atoms with E-state index in [0.29, 0.717) is 19.4 Å². The smallest absolute Gasteiger partial charge is 0.128 e. The van der Waals surface area contributed by atoms with Crippen LogP contribution in [0.15, 0.2) is 18.2 Å². The van der Waals surface area contributed by atoms with Crippen molar-refractivity contribution in [2.75, 3.05) is 6.54 Å². The minimum Gasteiger partial charge on any atom is -0.330 e. The van der Waals surface area contributed by atoms with Crippen LogP contribution in [0.1, 0.15) is 24.4 Å². The molecule has 2 nitrogen and oxygen atoms in total. The molecule has 0 spiro atoms. The molecule has 1 aromatic rings. The van der Waals surface area contributed by atoms with Gasteiger partial charge in [0.05, 0.1) is 0 Å². The molecular weight excluding hydrogens is 186 g/mol. The average Bonchev–Trinajstić information content (AvgIpc) is 2.18. The van der Waals surface area contributed by atoms with Crippen LogP contribution in [0.4, 0.5) is 8.78 Å². The third kappa shape index (κ3) is 2.75. The van der Waals surface area contributed by atoms with Gasteiger partial charge in [-0.05, 0) is 37.6 Å². The SMILES string of the molecule is NCCC[C@H](N)c1cc(F)ccc1F. The first-order valence-corrected chi connectivity index (χ1v) is 4.55. The number of rotatable bonds is 4. The average molecular weight is 200 g/mol. The molecule has 4 heteroatoms. The molecule has 1 rings (SSSR count). The lowest BCUT2D eigenvalue weighted by atomic mass is 10.0. The zero-order valence-corrected chi connectivity index (χ0v) is 7.84. The molecule has 14 heavy (non-hydrogen) atoms. The first-order chi connectivity index (χ1) is 6.65. The van der Waals surface area contributed by atoms with Gasteiger partial charge in [-0.25, -0.2) is 8.78 Å². The maximum Gasteiger partial charge on any atom is 0.128 e. The Balaban J connectivity index is 2.77. The van der Waals surface area contributed by atoms with Crippen molar-refractivity contribution in [2.45, 2.75) is 18.9 Å². The number of halogens is 2. The molecule has 0 amide bonds. The largest absolute Gasteiger partial charge is 0.330 e. The standard InChI is InChI=1S/C10H14F2N2/c11-7-3-4-9(12)8(6-7)10(14)2-1-5-13/h3-4,6,10H,1-2,5,13-14H2/t10-/m0/s1. The number of nitrogens with two attached hydrogens (primary N) is 2. The summed E-state index contributed by atoms with van der Waals surface area (Å²) in [6.45, 7) is 0.505. The molecule has 4 N–H and O–H groups in total. The minimum absolute atomic E-state index is 0.221. The molecule has 0 aliphatic rings.